The molecule has 1 spiro atoms. The van der Waals surface area contributed by atoms with E-state index in [0.717, 1.165) is 38.8 Å². The highest BCUT2D eigenvalue weighted by atomic mass is 35.5. The Morgan fingerprint density at radius 2 is 2.07 bits per heavy atom. The van der Waals surface area contributed by atoms with Crippen LogP contribution in [0.1, 0.15) is 56.3 Å². The predicted molar refractivity (Wildman–Crippen MR) is 106 cm³/mol. The first-order valence-corrected chi connectivity index (χ1v) is 10.2. The summed E-state index contributed by atoms with van der Waals surface area (Å²) in [5, 5.41) is 10.5. The fourth-order valence-electron chi connectivity index (χ4n) is 4.28. The molecule has 0 aliphatic carbocycles. The smallest absolute Gasteiger partial charge is 0.257 e. The van der Waals surface area contributed by atoms with Crippen molar-refractivity contribution in [3.63, 3.8) is 0 Å². The number of carbonyl (C=O) groups excluding carboxylic acids is 2. The van der Waals surface area contributed by atoms with Crippen LogP contribution in [0.4, 0.5) is 0 Å². The molecule has 1 aromatic rings. The monoisotopic (exact) mass is 392 g/mol. The average molecular weight is 393 g/mol. The van der Waals surface area contributed by atoms with Crippen molar-refractivity contribution in [3.05, 3.63) is 28.8 Å². The Morgan fingerprint density at radius 3 is 2.81 bits per heavy atom. The zero-order chi connectivity index (χ0) is 19.6. The van der Waals surface area contributed by atoms with Gasteiger partial charge in [-0.1, -0.05) is 25.4 Å². The van der Waals surface area contributed by atoms with Crippen LogP contribution >= 0.6 is 11.6 Å². The molecule has 5 nitrogen and oxygen atoms in total. The first-order valence-electron chi connectivity index (χ1n) is 9.85. The third-order valence-corrected chi connectivity index (χ3v) is 6.10. The lowest BCUT2D eigenvalue weighted by molar-refractivity contribution is -0.139. The zero-order valence-corrected chi connectivity index (χ0v) is 17.0. The number of amides is 2. The van der Waals surface area contributed by atoms with Gasteiger partial charge in [0.2, 0.25) is 5.91 Å². The molecule has 1 atom stereocenters. The van der Waals surface area contributed by atoms with Crippen LogP contribution in [0.25, 0.3) is 0 Å². The molecule has 2 fully saturated rings. The number of phenolic OH excluding ortho intramolecular Hbond substituents is 1. The average Bonchev–Trinajstić information content (AvgIpc) is 2.64. The van der Waals surface area contributed by atoms with Gasteiger partial charge in [0.25, 0.3) is 5.91 Å². The van der Waals surface area contributed by atoms with E-state index in [9.17, 15) is 14.7 Å². The van der Waals surface area contributed by atoms with E-state index in [-0.39, 0.29) is 28.5 Å². The van der Waals surface area contributed by atoms with Gasteiger partial charge in [0.15, 0.2) is 0 Å². The topological polar surface area (TPSA) is 60.9 Å². The molecule has 0 bridgehead atoms. The molecular weight excluding hydrogens is 364 g/mol. The van der Waals surface area contributed by atoms with E-state index >= 15 is 0 Å². The normalized spacial score (nSPS) is 23.3. The molecule has 1 aromatic carbocycles. The Bertz CT molecular complexity index is 721. The molecule has 2 aliphatic rings. The van der Waals surface area contributed by atoms with Gasteiger partial charge in [-0.15, -0.1) is 0 Å². The minimum absolute atomic E-state index is 0.0347. The highest BCUT2D eigenvalue weighted by Gasteiger charge is 2.42. The van der Waals surface area contributed by atoms with E-state index in [1.54, 1.807) is 6.07 Å². The van der Waals surface area contributed by atoms with E-state index in [2.05, 4.69) is 13.8 Å². The van der Waals surface area contributed by atoms with Gasteiger partial charge < -0.3 is 14.9 Å². The first kappa shape index (κ1) is 20.0. The summed E-state index contributed by atoms with van der Waals surface area (Å²) in [4.78, 5) is 29.2. The van der Waals surface area contributed by atoms with Crippen LogP contribution in [-0.2, 0) is 4.79 Å². The number of likely N-dealkylation sites (tertiary alicyclic amines) is 2. The molecule has 3 rings (SSSR count). The van der Waals surface area contributed by atoms with E-state index in [0.29, 0.717) is 30.5 Å². The van der Waals surface area contributed by atoms with Crippen molar-refractivity contribution in [2.75, 3.05) is 26.2 Å². The van der Waals surface area contributed by atoms with Crippen LogP contribution in [0.15, 0.2) is 18.2 Å². The van der Waals surface area contributed by atoms with Crippen molar-refractivity contribution in [2.45, 2.75) is 46.0 Å². The Labute approximate surface area is 166 Å². The standard InChI is InChI=1S/C21H29ClN2O3/c1-15(2)7-11-23-13-21(9-6-19(23)26)8-3-10-24(14-21)20(27)17-12-16(22)4-5-18(17)25/h4-5,12,15,25H,3,6-11,13-14H2,1-2H3/t21-/m0/s1. The lowest BCUT2D eigenvalue weighted by Crippen LogP contribution is -2.55. The van der Waals surface area contributed by atoms with Crippen molar-refractivity contribution in [2.24, 2.45) is 11.3 Å². The fraction of sp³-hybridized carbons (Fsp3) is 0.619. The van der Waals surface area contributed by atoms with Gasteiger partial charge in [-0.25, -0.2) is 0 Å². The summed E-state index contributed by atoms with van der Waals surface area (Å²) < 4.78 is 0. The van der Waals surface area contributed by atoms with Gasteiger partial charge in [-0.3, -0.25) is 9.59 Å². The van der Waals surface area contributed by atoms with Crippen molar-refractivity contribution in [3.8, 4) is 5.75 Å². The third kappa shape index (κ3) is 4.57. The SMILES string of the molecule is CC(C)CCN1C[C@]2(CCCN(C(=O)c3cc(Cl)ccc3O)C2)CCC1=O. The Morgan fingerprint density at radius 1 is 1.30 bits per heavy atom. The summed E-state index contributed by atoms with van der Waals surface area (Å²) >= 11 is 6.01. The van der Waals surface area contributed by atoms with Crippen LogP contribution < -0.4 is 0 Å². The maximum atomic E-state index is 13.0. The molecule has 0 saturated carbocycles. The van der Waals surface area contributed by atoms with Gasteiger partial charge in [-0.2, -0.15) is 0 Å². The van der Waals surface area contributed by atoms with Gasteiger partial charge >= 0.3 is 0 Å². The van der Waals surface area contributed by atoms with E-state index in [1.807, 2.05) is 9.80 Å². The van der Waals surface area contributed by atoms with Crippen LogP contribution in [-0.4, -0.2) is 52.9 Å². The summed E-state index contributed by atoms with van der Waals surface area (Å²) in [5.74, 6) is 0.573. The van der Waals surface area contributed by atoms with Crippen molar-refractivity contribution >= 4 is 23.4 Å². The molecule has 27 heavy (non-hydrogen) atoms. The molecule has 2 amide bonds. The van der Waals surface area contributed by atoms with E-state index in [4.69, 9.17) is 11.6 Å². The number of carbonyl (C=O) groups is 2. The van der Waals surface area contributed by atoms with Crippen LogP contribution in [0.5, 0.6) is 5.75 Å². The Hall–Kier alpha value is -1.75. The number of aromatic hydroxyl groups is 1. The van der Waals surface area contributed by atoms with Crippen LogP contribution in [0.3, 0.4) is 0 Å². The fourth-order valence-corrected chi connectivity index (χ4v) is 4.46. The Balaban J connectivity index is 1.73. The predicted octanol–water partition coefficient (Wildman–Crippen LogP) is 3.94. The maximum Gasteiger partial charge on any atom is 0.257 e. The second kappa shape index (κ2) is 8.09. The second-order valence-corrected chi connectivity index (χ2v) is 8.93. The molecule has 6 heteroatoms. The van der Waals surface area contributed by atoms with Crippen molar-refractivity contribution in [1.29, 1.82) is 0 Å². The number of piperidine rings is 2. The largest absolute Gasteiger partial charge is 0.507 e. The molecule has 2 aliphatic heterocycles. The second-order valence-electron chi connectivity index (χ2n) is 8.49. The van der Waals surface area contributed by atoms with Crippen molar-refractivity contribution < 1.29 is 14.7 Å². The zero-order valence-electron chi connectivity index (χ0n) is 16.2. The number of hydrogen-bond donors (Lipinski definition) is 1. The maximum absolute atomic E-state index is 13.0. The summed E-state index contributed by atoms with van der Waals surface area (Å²) in [6.07, 6.45) is 4.34. The minimum atomic E-state index is -0.181. The third-order valence-electron chi connectivity index (χ3n) is 5.86. The molecule has 1 N–H and O–H groups in total. The van der Waals surface area contributed by atoms with Gasteiger partial charge in [-0.05, 0) is 49.8 Å². The molecule has 148 valence electrons. The first-order chi connectivity index (χ1) is 12.8. The molecule has 0 aromatic heterocycles. The number of halogens is 1. The number of phenols is 1. The van der Waals surface area contributed by atoms with Crippen molar-refractivity contribution in [1.82, 2.24) is 9.80 Å². The molecule has 2 saturated heterocycles. The lowest BCUT2D eigenvalue weighted by atomic mass is 9.73. The summed E-state index contributed by atoms with van der Waals surface area (Å²) in [6, 6.07) is 4.56. The number of benzene rings is 1. The Kier molecular flexibility index (Phi) is 5.99. The molecule has 2 heterocycles. The van der Waals surface area contributed by atoms with Crippen LogP contribution in [0, 0.1) is 11.3 Å². The molecular formula is C21H29ClN2O3. The minimum Gasteiger partial charge on any atom is -0.507 e. The van der Waals surface area contributed by atoms with E-state index in [1.165, 1.54) is 12.1 Å². The molecule has 0 radical (unpaired) electrons. The lowest BCUT2D eigenvalue weighted by Gasteiger charge is -2.48. The van der Waals surface area contributed by atoms with Gasteiger partial charge in [0.05, 0.1) is 5.56 Å². The molecule has 0 unspecified atom stereocenters. The number of rotatable bonds is 4. The highest BCUT2D eigenvalue weighted by Crippen LogP contribution is 2.39. The van der Waals surface area contributed by atoms with Gasteiger partial charge in [0.1, 0.15) is 5.75 Å². The summed E-state index contributed by atoms with van der Waals surface area (Å²) in [6.45, 7) is 7.16. The summed E-state index contributed by atoms with van der Waals surface area (Å²) in [7, 11) is 0. The quantitative estimate of drug-likeness (QED) is 0.844. The number of hydrogen-bond acceptors (Lipinski definition) is 3. The summed E-state index contributed by atoms with van der Waals surface area (Å²) in [5.41, 5.74) is 0.218. The van der Waals surface area contributed by atoms with Gasteiger partial charge in [0, 0.05) is 43.0 Å². The highest BCUT2D eigenvalue weighted by molar-refractivity contribution is 6.31. The number of nitrogens with zero attached hydrogens (tertiary/aromatic N) is 2. The van der Waals surface area contributed by atoms with E-state index < -0.39 is 0 Å². The van der Waals surface area contributed by atoms with Crippen LogP contribution in [0.2, 0.25) is 5.02 Å².